The van der Waals surface area contributed by atoms with Crippen LogP contribution in [0.1, 0.15) is 19.4 Å². The minimum absolute atomic E-state index is 0.880. The van der Waals surface area contributed by atoms with Crippen LogP contribution in [0.25, 0.3) is 0 Å². The maximum Gasteiger partial charge on any atom is 0.133 e. The predicted octanol–water partition coefficient (Wildman–Crippen LogP) is 3.79. The number of benzene rings is 1. The van der Waals surface area contributed by atoms with E-state index in [2.05, 4.69) is 15.9 Å². The summed E-state index contributed by atoms with van der Waals surface area (Å²) in [7, 11) is 1.66. The van der Waals surface area contributed by atoms with Crippen molar-refractivity contribution in [2.45, 2.75) is 20.8 Å². The number of rotatable bonds is 1. The number of halogens is 1. The third-order valence-corrected chi connectivity index (χ3v) is 1.93. The lowest BCUT2D eigenvalue weighted by Crippen LogP contribution is -1.83. The summed E-state index contributed by atoms with van der Waals surface area (Å²) < 4.78 is 6.06. The van der Waals surface area contributed by atoms with E-state index in [1.54, 1.807) is 7.11 Å². The Kier molecular flexibility index (Phi) is 5.81. The second-order valence-electron chi connectivity index (χ2n) is 2.14. The highest BCUT2D eigenvalue weighted by Crippen LogP contribution is 2.24. The molecular formula is C10H15BrO. The van der Waals surface area contributed by atoms with Crippen LogP contribution in [-0.4, -0.2) is 7.11 Å². The van der Waals surface area contributed by atoms with Crippen LogP contribution < -0.4 is 4.74 Å². The zero-order valence-electron chi connectivity index (χ0n) is 8.02. The summed E-state index contributed by atoms with van der Waals surface area (Å²) >= 11 is 3.38. The molecule has 0 amide bonds. The summed E-state index contributed by atoms with van der Waals surface area (Å²) in [6.07, 6.45) is 0. The molecule has 1 nitrogen and oxygen atoms in total. The van der Waals surface area contributed by atoms with Gasteiger partial charge in [-0.1, -0.05) is 19.9 Å². The molecule has 0 aromatic heterocycles. The van der Waals surface area contributed by atoms with Crippen LogP contribution in [0.2, 0.25) is 0 Å². The van der Waals surface area contributed by atoms with Gasteiger partial charge in [0.1, 0.15) is 5.75 Å². The second-order valence-corrected chi connectivity index (χ2v) is 2.99. The van der Waals surface area contributed by atoms with Crippen LogP contribution >= 0.6 is 15.9 Å². The van der Waals surface area contributed by atoms with Crippen LogP contribution in [0.15, 0.2) is 22.7 Å². The first-order chi connectivity index (χ1) is 5.74. The lowest BCUT2D eigenvalue weighted by Gasteiger charge is -2.02. The molecule has 0 unspecified atom stereocenters. The van der Waals surface area contributed by atoms with Crippen LogP contribution in [0.4, 0.5) is 0 Å². The highest BCUT2D eigenvalue weighted by atomic mass is 79.9. The Morgan fingerprint density at radius 3 is 2.25 bits per heavy atom. The van der Waals surface area contributed by atoms with Gasteiger partial charge in [-0.2, -0.15) is 0 Å². The minimum Gasteiger partial charge on any atom is -0.496 e. The van der Waals surface area contributed by atoms with Crippen molar-refractivity contribution >= 4 is 15.9 Å². The fourth-order valence-corrected chi connectivity index (χ4v) is 1.43. The van der Waals surface area contributed by atoms with Crippen molar-refractivity contribution in [1.82, 2.24) is 0 Å². The molecule has 68 valence electrons. The highest BCUT2D eigenvalue weighted by Gasteiger charge is 1.96. The first-order valence-electron chi connectivity index (χ1n) is 4.04. The van der Waals surface area contributed by atoms with Gasteiger partial charge in [-0.05, 0) is 40.5 Å². The Balaban J connectivity index is 0.000000561. The topological polar surface area (TPSA) is 9.23 Å². The first kappa shape index (κ1) is 11.5. The molecule has 0 heterocycles. The summed E-state index contributed by atoms with van der Waals surface area (Å²) in [6, 6.07) is 5.99. The van der Waals surface area contributed by atoms with E-state index in [0.29, 0.717) is 0 Å². The molecule has 0 aliphatic rings. The van der Waals surface area contributed by atoms with E-state index in [-0.39, 0.29) is 0 Å². The van der Waals surface area contributed by atoms with Crippen molar-refractivity contribution in [2.75, 3.05) is 7.11 Å². The van der Waals surface area contributed by atoms with Gasteiger partial charge >= 0.3 is 0 Å². The number of ether oxygens (including phenoxy) is 1. The zero-order chi connectivity index (χ0) is 9.56. The van der Waals surface area contributed by atoms with Crippen molar-refractivity contribution in [3.63, 3.8) is 0 Å². The van der Waals surface area contributed by atoms with E-state index in [4.69, 9.17) is 4.74 Å². The highest BCUT2D eigenvalue weighted by molar-refractivity contribution is 9.10. The van der Waals surface area contributed by atoms with Crippen molar-refractivity contribution in [2.24, 2.45) is 0 Å². The third kappa shape index (κ3) is 3.26. The Morgan fingerprint density at radius 1 is 1.25 bits per heavy atom. The average Bonchev–Trinajstić information content (AvgIpc) is 2.08. The van der Waals surface area contributed by atoms with Crippen molar-refractivity contribution in [1.29, 1.82) is 0 Å². The van der Waals surface area contributed by atoms with Gasteiger partial charge < -0.3 is 4.74 Å². The molecule has 0 bridgehead atoms. The van der Waals surface area contributed by atoms with E-state index in [1.807, 2.05) is 39.0 Å². The Bertz CT molecular complexity index is 233. The molecular weight excluding hydrogens is 216 g/mol. The van der Waals surface area contributed by atoms with Crippen LogP contribution in [0.3, 0.4) is 0 Å². The number of hydrogen-bond acceptors (Lipinski definition) is 1. The minimum atomic E-state index is 0.880. The van der Waals surface area contributed by atoms with Gasteiger partial charge in [0.15, 0.2) is 0 Å². The van der Waals surface area contributed by atoms with Gasteiger partial charge in [0.25, 0.3) is 0 Å². The Labute approximate surface area is 82.9 Å². The number of methoxy groups -OCH3 is 1. The normalized spacial score (nSPS) is 8.42. The molecule has 0 aliphatic carbocycles. The predicted molar refractivity (Wildman–Crippen MR) is 56.8 cm³/mol. The number of aryl methyl sites for hydroxylation is 1. The lowest BCUT2D eigenvalue weighted by atomic mass is 10.2. The third-order valence-electron chi connectivity index (χ3n) is 1.31. The van der Waals surface area contributed by atoms with Gasteiger partial charge in [0, 0.05) is 0 Å². The summed E-state index contributed by atoms with van der Waals surface area (Å²) in [5, 5.41) is 0. The van der Waals surface area contributed by atoms with Crippen LogP contribution in [-0.2, 0) is 0 Å². The Morgan fingerprint density at radius 2 is 1.83 bits per heavy atom. The maximum absolute atomic E-state index is 5.05. The summed E-state index contributed by atoms with van der Waals surface area (Å²) in [4.78, 5) is 0. The molecule has 1 rings (SSSR count). The molecule has 1 aromatic rings. The largest absolute Gasteiger partial charge is 0.496 e. The lowest BCUT2D eigenvalue weighted by molar-refractivity contribution is 0.412. The van der Waals surface area contributed by atoms with E-state index in [0.717, 1.165) is 10.2 Å². The van der Waals surface area contributed by atoms with Gasteiger partial charge in [-0.3, -0.25) is 0 Å². The fraction of sp³-hybridized carbons (Fsp3) is 0.400. The molecule has 0 atom stereocenters. The molecule has 0 spiro atoms. The molecule has 0 saturated heterocycles. The van der Waals surface area contributed by atoms with Crippen molar-refractivity contribution in [3.8, 4) is 5.75 Å². The van der Waals surface area contributed by atoms with Crippen LogP contribution in [0.5, 0.6) is 5.75 Å². The van der Waals surface area contributed by atoms with E-state index in [9.17, 15) is 0 Å². The summed E-state index contributed by atoms with van der Waals surface area (Å²) in [6.45, 7) is 6.05. The van der Waals surface area contributed by atoms with E-state index >= 15 is 0 Å². The van der Waals surface area contributed by atoms with Crippen LogP contribution in [0, 0.1) is 6.92 Å². The molecule has 0 fully saturated rings. The van der Waals surface area contributed by atoms with Gasteiger partial charge in [0.05, 0.1) is 11.6 Å². The van der Waals surface area contributed by atoms with Crippen molar-refractivity contribution < 1.29 is 4.74 Å². The molecule has 0 radical (unpaired) electrons. The summed E-state index contributed by atoms with van der Waals surface area (Å²) in [5.41, 5.74) is 1.23. The monoisotopic (exact) mass is 230 g/mol. The molecule has 0 aliphatic heterocycles. The summed E-state index contributed by atoms with van der Waals surface area (Å²) in [5.74, 6) is 0.880. The molecule has 2 heteroatoms. The first-order valence-corrected chi connectivity index (χ1v) is 4.83. The quantitative estimate of drug-likeness (QED) is 0.714. The second kappa shape index (κ2) is 6.06. The fourth-order valence-electron chi connectivity index (χ4n) is 0.771. The van der Waals surface area contributed by atoms with Crippen molar-refractivity contribution in [3.05, 3.63) is 28.2 Å². The SMILES string of the molecule is CC.COc1ccc(C)cc1Br. The van der Waals surface area contributed by atoms with Gasteiger partial charge in [0.2, 0.25) is 0 Å². The van der Waals surface area contributed by atoms with E-state index in [1.165, 1.54) is 5.56 Å². The van der Waals surface area contributed by atoms with E-state index < -0.39 is 0 Å². The molecule has 0 N–H and O–H groups in total. The zero-order valence-corrected chi connectivity index (χ0v) is 9.60. The standard InChI is InChI=1S/C8H9BrO.C2H6/c1-6-3-4-8(10-2)7(9)5-6;1-2/h3-5H,1-2H3;1-2H3. The molecule has 12 heavy (non-hydrogen) atoms. The average molecular weight is 231 g/mol. The number of hydrogen-bond donors (Lipinski definition) is 0. The Hall–Kier alpha value is -0.500. The van der Waals surface area contributed by atoms with Gasteiger partial charge in [-0.25, -0.2) is 0 Å². The molecule has 1 aromatic carbocycles. The molecule has 0 saturated carbocycles. The maximum atomic E-state index is 5.05. The van der Waals surface area contributed by atoms with Gasteiger partial charge in [-0.15, -0.1) is 0 Å². The smallest absolute Gasteiger partial charge is 0.133 e.